The van der Waals surface area contributed by atoms with Crippen LogP contribution in [0.3, 0.4) is 0 Å². The third-order valence-electron chi connectivity index (χ3n) is 5.61. The molecule has 0 saturated carbocycles. The first kappa shape index (κ1) is 24.2. The van der Waals surface area contributed by atoms with E-state index in [9.17, 15) is 9.59 Å². The van der Waals surface area contributed by atoms with Crippen LogP contribution < -0.4 is 10.1 Å². The van der Waals surface area contributed by atoms with Gasteiger partial charge in [0.1, 0.15) is 23.5 Å². The molecule has 0 radical (unpaired) electrons. The normalized spacial score (nSPS) is 14.5. The smallest absolute Gasteiger partial charge is 0.410 e. The number of rotatable bonds is 5. The number of methoxy groups -OCH3 is 1. The Kier molecular flexibility index (Phi) is 6.99. The summed E-state index contributed by atoms with van der Waals surface area (Å²) in [6.45, 7) is 6.66. The average molecular weight is 480 g/mol. The summed E-state index contributed by atoms with van der Waals surface area (Å²) in [7, 11) is 1.61. The van der Waals surface area contributed by atoms with Crippen molar-refractivity contribution in [1.29, 1.82) is 0 Å². The molecule has 3 aromatic rings. The number of nitrogens with one attached hydrogen (secondary N) is 1. The number of amides is 2. The highest BCUT2D eigenvalue weighted by Gasteiger charge is 2.29. The van der Waals surface area contributed by atoms with Gasteiger partial charge in [-0.2, -0.15) is 0 Å². The molecule has 10 heteroatoms. The predicted octanol–water partition coefficient (Wildman–Crippen LogP) is 4.51. The van der Waals surface area contributed by atoms with Gasteiger partial charge >= 0.3 is 6.09 Å². The molecular formula is C25H29N5O5. The van der Waals surface area contributed by atoms with Gasteiger partial charge < -0.3 is 24.2 Å². The average Bonchev–Trinajstić information content (AvgIpc) is 3.34. The lowest BCUT2D eigenvalue weighted by Crippen LogP contribution is -2.41. The van der Waals surface area contributed by atoms with Crippen LogP contribution in [0, 0.1) is 0 Å². The van der Waals surface area contributed by atoms with E-state index in [2.05, 4.69) is 20.4 Å². The van der Waals surface area contributed by atoms with E-state index in [4.69, 9.17) is 14.0 Å². The second-order valence-corrected chi connectivity index (χ2v) is 9.33. The lowest BCUT2D eigenvalue weighted by Gasteiger charge is -2.32. The lowest BCUT2D eigenvalue weighted by molar-refractivity contribution is 0.0203. The molecule has 0 atom stereocenters. The standard InChI is InChI=1S/C25H29N5O5/c1-25(2,3)34-24(32)30-11-9-17(10-12-30)20-13-21(35-29-20)23(31)28-22-14-19(26-15-27-22)16-5-7-18(33-4)8-6-16/h5-8,13-15,17H,9-12H2,1-4H3,(H,26,27,28,31). The third kappa shape index (κ3) is 6.14. The fourth-order valence-electron chi connectivity index (χ4n) is 3.80. The number of aromatic nitrogens is 3. The zero-order chi connectivity index (χ0) is 25.0. The molecule has 35 heavy (non-hydrogen) atoms. The molecule has 2 amide bonds. The molecule has 2 aromatic heterocycles. The Morgan fingerprint density at radius 3 is 2.46 bits per heavy atom. The number of carbonyl (C=O) groups excluding carboxylic acids is 2. The number of carbonyl (C=O) groups is 2. The van der Waals surface area contributed by atoms with Crippen LogP contribution in [0.15, 0.2) is 47.2 Å². The zero-order valence-electron chi connectivity index (χ0n) is 20.3. The first-order chi connectivity index (χ1) is 16.7. The van der Waals surface area contributed by atoms with E-state index in [1.54, 1.807) is 24.1 Å². The van der Waals surface area contributed by atoms with E-state index >= 15 is 0 Å². The summed E-state index contributed by atoms with van der Waals surface area (Å²) in [4.78, 5) is 35.1. The number of likely N-dealkylation sites (tertiary alicyclic amines) is 1. The lowest BCUT2D eigenvalue weighted by atomic mass is 9.93. The molecule has 1 fully saturated rings. The van der Waals surface area contributed by atoms with Crippen molar-refractivity contribution in [2.75, 3.05) is 25.5 Å². The Bertz CT molecular complexity index is 1180. The third-order valence-corrected chi connectivity index (χ3v) is 5.61. The highest BCUT2D eigenvalue weighted by molar-refractivity contribution is 6.01. The number of hydrogen-bond acceptors (Lipinski definition) is 8. The Morgan fingerprint density at radius 2 is 1.80 bits per heavy atom. The monoisotopic (exact) mass is 479 g/mol. The van der Waals surface area contributed by atoms with Crippen molar-refractivity contribution in [3.8, 4) is 17.0 Å². The zero-order valence-corrected chi connectivity index (χ0v) is 20.3. The molecule has 3 heterocycles. The second kappa shape index (κ2) is 10.1. The minimum absolute atomic E-state index is 0.0965. The van der Waals surface area contributed by atoms with Crippen LogP contribution in [0.25, 0.3) is 11.3 Å². The minimum atomic E-state index is -0.526. The number of hydrogen-bond donors (Lipinski definition) is 1. The van der Waals surface area contributed by atoms with Gasteiger partial charge in [-0.25, -0.2) is 14.8 Å². The molecule has 0 bridgehead atoms. The molecule has 1 aromatic carbocycles. The maximum absolute atomic E-state index is 12.7. The van der Waals surface area contributed by atoms with Gasteiger partial charge in [-0.1, -0.05) is 5.16 Å². The summed E-state index contributed by atoms with van der Waals surface area (Å²) >= 11 is 0. The topological polar surface area (TPSA) is 120 Å². The van der Waals surface area contributed by atoms with E-state index < -0.39 is 11.5 Å². The molecular weight excluding hydrogens is 450 g/mol. The Labute approximate surface area is 203 Å². The highest BCUT2D eigenvalue weighted by atomic mass is 16.6. The molecule has 1 aliphatic rings. The van der Waals surface area contributed by atoms with Crippen molar-refractivity contribution in [2.24, 2.45) is 0 Å². The first-order valence-electron chi connectivity index (χ1n) is 11.4. The molecule has 1 aliphatic heterocycles. The van der Waals surface area contributed by atoms with Gasteiger partial charge in [0.2, 0.25) is 5.76 Å². The fourth-order valence-corrected chi connectivity index (χ4v) is 3.80. The molecule has 184 valence electrons. The van der Waals surface area contributed by atoms with E-state index in [0.29, 0.717) is 43.1 Å². The van der Waals surface area contributed by atoms with Gasteiger partial charge in [-0.3, -0.25) is 4.79 Å². The summed E-state index contributed by atoms with van der Waals surface area (Å²) < 4.78 is 15.9. The van der Waals surface area contributed by atoms with Crippen LogP contribution in [0.1, 0.15) is 55.8 Å². The van der Waals surface area contributed by atoms with Crippen molar-refractivity contribution < 1.29 is 23.6 Å². The van der Waals surface area contributed by atoms with Gasteiger partial charge in [-0.15, -0.1) is 0 Å². The Morgan fingerprint density at radius 1 is 1.09 bits per heavy atom. The van der Waals surface area contributed by atoms with Crippen LogP contribution in [0.4, 0.5) is 10.6 Å². The van der Waals surface area contributed by atoms with Gasteiger partial charge in [0.05, 0.1) is 18.5 Å². The molecule has 1 N–H and O–H groups in total. The maximum Gasteiger partial charge on any atom is 0.410 e. The SMILES string of the molecule is COc1ccc(-c2cc(NC(=O)c3cc(C4CCN(C(=O)OC(C)(C)C)CC4)no3)ncn2)cc1. The largest absolute Gasteiger partial charge is 0.497 e. The molecule has 1 saturated heterocycles. The predicted molar refractivity (Wildman–Crippen MR) is 128 cm³/mol. The summed E-state index contributed by atoms with van der Waals surface area (Å²) in [5.74, 6) is 0.834. The van der Waals surface area contributed by atoms with Crippen molar-refractivity contribution in [2.45, 2.75) is 45.1 Å². The highest BCUT2D eigenvalue weighted by Crippen LogP contribution is 2.29. The van der Waals surface area contributed by atoms with E-state index in [0.717, 1.165) is 11.3 Å². The van der Waals surface area contributed by atoms with Gasteiger partial charge in [0.15, 0.2) is 0 Å². The van der Waals surface area contributed by atoms with E-state index in [-0.39, 0.29) is 17.8 Å². The number of anilines is 1. The summed E-state index contributed by atoms with van der Waals surface area (Å²) in [5, 5.41) is 6.83. The Balaban J connectivity index is 1.35. The van der Waals surface area contributed by atoms with Gasteiger partial charge in [0.25, 0.3) is 5.91 Å². The number of piperidine rings is 1. The number of nitrogens with zero attached hydrogens (tertiary/aromatic N) is 4. The Hall–Kier alpha value is -3.95. The second-order valence-electron chi connectivity index (χ2n) is 9.33. The number of benzene rings is 1. The molecule has 0 aliphatic carbocycles. The first-order valence-corrected chi connectivity index (χ1v) is 11.4. The van der Waals surface area contributed by atoms with Crippen molar-refractivity contribution in [3.05, 3.63) is 54.2 Å². The van der Waals surface area contributed by atoms with Gasteiger partial charge in [0, 0.05) is 36.7 Å². The van der Waals surface area contributed by atoms with Crippen LogP contribution in [-0.4, -0.2) is 57.8 Å². The quantitative estimate of drug-likeness (QED) is 0.568. The van der Waals surface area contributed by atoms with Crippen LogP contribution >= 0.6 is 0 Å². The number of ether oxygens (including phenoxy) is 2. The van der Waals surface area contributed by atoms with Crippen LogP contribution in [-0.2, 0) is 4.74 Å². The van der Waals surface area contributed by atoms with E-state index in [1.807, 2.05) is 45.0 Å². The summed E-state index contributed by atoms with van der Waals surface area (Å²) in [6.07, 6.45) is 2.50. The van der Waals surface area contributed by atoms with Crippen molar-refractivity contribution in [1.82, 2.24) is 20.0 Å². The van der Waals surface area contributed by atoms with Crippen LogP contribution in [0.2, 0.25) is 0 Å². The van der Waals surface area contributed by atoms with Crippen molar-refractivity contribution >= 4 is 17.8 Å². The van der Waals surface area contributed by atoms with Gasteiger partial charge in [-0.05, 0) is 57.9 Å². The van der Waals surface area contributed by atoms with Crippen molar-refractivity contribution in [3.63, 3.8) is 0 Å². The minimum Gasteiger partial charge on any atom is -0.497 e. The summed E-state index contributed by atoms with van der Waals surface area (Å²) in [5.41, 5.74) is 1.69. The summed E-state index contributed by atoms with van der Waals surface area (Å²) in [6, 6.07) is 10.8. The molecule has 0 spiro atoms. The molecule has 0 unspecified atom stereocenters. The van der Waals surface area contributed by atoms with E-state index in [1.165, 1.54) is 6.33 Å². The maximum atomic E-state index is 12.7. The van der Waals surface area contributed by atoms with Crippen LogP contribution in [0.5, 0.6) is 5.75 Å². The molecule has 10 nitrogen and oxygen atoms in total. The fraction of sp³-hybridized carbons (Fsp3) is 0.400. The molecule has 4 rings (SSSR count).